The van der Waals surface area contributed by atoms with Gasteiger partial charge in [0.1, 0.15) is 6.54 Å². The molecular weight excluding hydrogens is 265 g/mol. The number of ether oxygens (including phenoxy) is 1. The molecule has 1 heterocycles. The predicted molar refractivity (Wildman–Crippen MR) is 60.2 cm³/mol. The van der Waals surface area contributed by atoms with Crippen LogP contribution in [0.15, 0.2) is 0 Å². The second kappa shape index (κ2) is 6.23. The largest absolute Gasteiger partial charge is 0.469 e. The molecule has 0 radical (unpaired) electrons. The Labute approximate surface area is 109 Å². The molecule has 2 atom stereocenters. The molecule has 1 N–H and O–H groups in total. The van der Waals surface area contributed by atoms with E-state index in [1.807, 2.05) is 6.92 Å². The smallest absolute Gasteiger partial charge is 0.405 e. The number of rotatable bonds is 4. The molecule has 1 rings (SSSR count). The van der Waals surface area contributed by atoms with Crippen molar-refractivity contribution in [1.82, 2.24) is 10.2 Å². The maximum atomic E-state index is 11.9. The van der Waals surface area contributed by atoms with Crippen molar-refractivity contribution in [2.24, 2.45) is 11.8 Å². The Morgan fingerprint density at radius 2 is 2.00 bits per heavy atom. The zero-order chi connectivity index (χ0) is 14.6. The molecular formula is C11H17F3N2O3. The number of esters is 1. The van der Waals surface area contributed by atoms with Gasteiger partial charge >= 0.3 is 12.1 Å². The van der Waals surface area contributed by atoms with Crippen molar-refractivity contribution in [2.75, 3.05) is 33.3 Å². The van der Waals surface area contributed by atoms with Crippen LogP contribution in [0.3, 0.4) is 0 Å². The van der Waals surface area contributed by atoms with Gasteiger partial charge in [-0.1, -0.05) is 6.92 Å². The van der Waals surface area contributed by atoms with Gasteiger partial charge in [-0.15, -0.1) is 0 Å². The molecule has 0 saturated carbocycles. The van der Waals surface area contributed by atoms with E-state index in [2.05, 4.69) is 4.74 Å². The molecule has 0 spiro atoms. The normalized spacial score (nSPS) is 24.3. The number of carbonyl (C=O) groups is 2. The van der Waals surface area contributed by atoms with Crippen molar-refractivity contribution in [3.8, 4) is 0 Å². The van der Waals surface area contributed by atoms with Crippen LogP contribution in [0.4, 0.5) is 13.2 Å². The fourth-order valence-electron chi connectivity index (χ4n) is 2.11. The number of methoxy groups -OCH3 is 1. The van der Waals surface area contributed by atoms with Crippen molar-refractivity contribution >= 4 is 11.9 Å². The first-order chi connectivity index (χ1) is 8.73. The highest BCUT2D eigenvalue weighted by atomic mass is 19.4. The molecule has 5 nitrogen and oxygen atoms in total. The third-order valence-corrected chi connectivity index (χ3v) is 3.05. The Balaban J connectivity index is 2.39. The van der Waals surface area contributed by atoms with E-state index >= 15 is 0 Å². The molecule has 8 heteroatoms. The van der Waals surface area contributed by atoms with Crippen LogP contribution in [0.1, 0.15) is 6.92 Å². The first-order valence-corrected chi connectivity index (χ1v) is 5.86. The Hall–Kier alpha value is -1.31. The lowest BCUT2D eigenvalue weighted by molar-refractivity contribution is -0.146. The maximum absolute atomic E-state index is 11.9. The molecule has 1 aliphatic heterocycles. The zero-order valence-electron chi connectivity index (χ0n) is 10.8. The molecule has 0 aromatic rings. The van der Waals surface area contributed by atoms with Gasteiger partial charge in [0.25, 0.3) is 0 Å². The first-order valence-electron chi connectivity index (χ1n) is 5.86. The standard InChI is InChI=1S/C11H17F3N2O3/c1-7-3-16(4-8(7)10(18)19-2)5-9(17)15-6-11(12,13)14/h7-8H,3-6H2,1-2H3,(H,15,17). The van der Waals surface area contributed by atoms with E-state index < -0.39 is 18.6 Å². The van der Waals surface area contributed by atoms with Gasteiger partial charge in [0, 0.05) is 13.1 Å². The van der Waals surface area contributed by atoms with E-state index in [9.17, 15) is 22.8 Å². The van der Waals surface area contributed by atoms with Crippen LogP contribution in [0, 0.1) is 11.8 Å². The van der Waals surface area contributed by atoms with Crippen LogP contribution in [-0.4, -0.2) is 56.2 Å². The van der Waals surface area contributed by atoms with E-state index in [1.165, 1.54) is 7.11 Å². The summed E-state index contributed by atoms with van der Waals surface area (Å²) in [5.74, 6) is -1.37. The fraction of sp³-hybridized carbons (Fsp3) is 0.818. The average molecular weight is 282 g/mol. The molecule has 0 aromatic carbocycles. The molecule has 1 saturated heterocycles. The lowest BCUT2D eigenvalue weighted by atomic mass is 9.99. The van der Waals surface area contributed by atoms with E-state index in [4.69, 9.17) is 0 Å². The van der Waals surface area contributed by atoms with Crippen LogP contribution in [0.25, 0.3) is 0 Å². The van der Waals surface area contributed by atoms with Gasteiger partial charge in [0.15, 0.2) is 0 Å². The fourth-order valence-corrected chi connectivity index (χ4v) is 2.11. The number of likely N-dealkylation sites (tertiary alicyclic amines) is 1. The lowest BCUT2D eigenvalue weighted by Crippen LogP contribution is -2.40. The van der Waals surface area contributed by atoms with Gasteiger partial charge in [-0.05, 0) is 5.92 Å². The lowest BCUT2D eigenvalue weighted by Gasteiger charge is -2.15. The van der Waals surface area contributed by atoms with Crippen molar-refractivity contribution in [3.63, 3.8) is 0 Å². The second-order valence-corrected chi connectivity index (χ2v) is 4.69. The summed E-state index contributed by atoms with van der Waals surface area (Å²) in [5.41, 5.74) is 0. The molecule has 0 aliphatic carbocycles. The van der Waals surface area contributed by atoms with E-state index in [1.54, 1.807) is 10.2 Å². The number of amides is 1. The summed E-state index contributed by atoms with van der Waals surface area (Å²) in [5, 5.41) is 1.80. The Morgan fingerprint density at radius 1 is 1.37 bits per heavy atom. The molecule has 19 heavy (non-hydrogen) atoms. The number of alkyl halides is 3. The summed E-state index contributed by atoms with van der Waals surface area (Å²) in [7, 11) is 1.29. The molecule has 110 valence electrons. The van der Waals surface area contributed by atoms with Crippen LogP contribution in [0.5, 0.6) is 0 Å². The number of nitrogens with zero attached hydrogens (tertiary/aromatic N) is 1. The highest BCUT2D eigenvalue weighted by Gasteiger charge is 2.36. The Kier molecular flexibility index (Phi) is 5.16. The third-order valence-electron chi connectivity index (χ3n) is 3.05. The van der Waals surface area contributed by atoms with Gasteiger partial charge < -0.3 is 10.1 Å². The summed E-state index contributed by atoms with van der Waals surface area (Å²) in [6.45, 7) is 1.17. The van der Waals surface area contributed by atoms with Crippen molar-refractivity contribution in [2.45, 2.75) is 13.1 Å². The topological polar surface area (TPSA) is 58.6 Å². The minimum atomic E-state index is -4.41. The van der Waals surface area contributed by atoms with Gasteiger partial charge in [-0.2, -0.15) is 13.2 Å². The summed E-state index contributed by atoms with van der Waals surface area (Å²) in [4.78, 5) is 24.4. The molecule has 0 bridgehead atoms. The monoisotopic (exact) mass is 282 g/mol. The number of hydrogen-bond acceptors (Lipinski definition) is 4. The quantitative estimate of drug-likeness (QED) is 0.759. The molecule has 1 amide bonds. The van der Waals surface area contributed by atoms with E-state index in [0.717, 1.165) is 0 Å². The average Bonchev–Trinajstić information content (AvgIpc) is 2.65. The Morgan fingerprint density at radius 3 is 2.53 bits per heavy atom. The van der Waals surface area contributed by atoms with Gasteiger partial charge in [-0.3, -0.25) is 14.5 Å². The highest BCUT2D eigenvalue weighted by Crippen LogP contribution is 2.23. The van der Waals surface area contributed by atoms with Gasteiger partial charge in [0.2, 0.25) is 5.91 Å². The zero-order valence-corrected chi connectivity index (χ0v) is 10.8. The number of halogens is 3. The van der Waals surface area contributed by atoms with Crippen molar-refractivity contribution in [1.29, 1.82) is 0 Å². The molecule has 1 aliphatic rings. The van der Waals surface area contributed by atoms with Crippen LogP contribution in [-0.2, 0) is 14.3 Å². The van der Waals surface area contributed by atoms with Crippen LogP contribution >= 0.6 is 0 Å². The molecule has 0 aromatic heterocycles. The molecule has 2 unspecified atom stereocenters. The highest BCUT2D eigenvalue weighted by molar-refractivity contribution is 5.78. The molecule has 1 fully saturated rings. The third kappa shape index (κ3) is 5.06. The summed E-state index contributed by atoms with van der Waals surface area (Å²) >= 11 is 0. The van der Waals surface area contributed by atoms with Crippen LogP contribution in [0.2, 0.25) is 0 Å². The van der Waals surface area contributed by atoms with Crippen LogP contribution < -0.4 is 5.32 Å². The minimum Gasteiger partial charge on any atom is -0.469 e. The Bertz CT molecular complexity index is 347. The summed E-state index contributed by atoms with van der Waals surface area (Å²) in [6, 6.07) is 0. The van der Waals surface area contributed by atoms with Crippen molar-refractivity contribution in [3.05, 3.63) is 0 Å². The number of nitrogens with one attached hydrogen (secondary N) is 1. The number of hydrogen-bond donors (Lipinski definition) is 1. The van der Waals surface area contributed by atoms with Gasteiger partial charge in [-0.25, -0.2) is 0 Å². The van der Waals surface area contributed by atoms with E-state index in [0.29, 0.717) is 13.1 Å². The first kappa shape index (κ1) is 15.7. The van der Waals surface area contributed by atoms with Crippen molar-refractivity contribution < 1.29 is 27.5 Å². The summed E-state index contributed by atoms with van der Waals surface area (Å²) in [6.07, 6.45) is -4.41. The maximum Gasteiger partial charge on any atom is 0.405 e. The number of carbonyl (C=O) groups excluding carboxylic acids is 2. The SMILES string of the molecule is COC(=O)C1CN(CC(=O)NCC(F)(F)F)CC1C. The van der Waals surface area contributed by atoms with E-state index in [-0.39, 0.29) is 24.3 Å². The second-order valence-electron chi connectivity index (χ2n) is 4.69. The van der Waals surface area contributed by atoms with Gasteiger partial charge in [0.05, 0.1) is 19.6 Å². The minimum absolute atomic E-state index is 0.0165. The summed E-state index contributed by atoms with van der Waals surface area (Å²) < 4.78 is 40.4. The predicted octanol–water partition coefficient (Wildman–Crippen LogP) is 0.406.